The van der Waals surface area contributed by atoms with Gasteiger partial charge in [0.05, 0.1) is 12.2 Å². The van der Waals surface area contributed by atoms with Crippen molar-refractivity contribution < 1.29 is 24.9 Å². The van der Waals surface area contributed by atoms with Crippen LogP contribution in [0.4, 0.5) is 0 Å². The predicted octanol–water partition coefficient (Wildman–Crippen LogP) is 3.66. The van der Waals surface area contributed by atoms with E-state index in [0.29, 0.717) is 25.0 Å². The molecule has 3 unspecified atom stereocenters. The number of carbonyl (C=O) groups is 2. The average molecular weight is 407 g/mol. The van der Waals surface area contributed by atoms with Crippen molar-refractivity contribution in [3.8, 4) is 0 Å². The first-order valence-corrected chi connectivity index (χ1v) is 11.7. The Morgan fingerprint density at radius 2 is 1.86 bits per heavy atom. The molecule has 0 aliphatic heterocycles. The number of carboxylic acids is 1. The number of aliphatic hydroxyl groups excluding tert-OH is 2. The van der Waals surface area contributed by atoms with Gasteiger partial charge < -0.3 is 15.3 Å². The van der Waals surface area contributed by atoms with Gasteiger partial charge in [0, 0.05) is 24.2 Å². The molecule has 4 aliphatic carbocycles. The van der Waals surface area contributed by atoms with E-state index in [9.17, 15) is 19.8 Å². The Labute approximate surface area is 174 Å². The molecule has 0 aromatic heterocycles. The fraction of sp³-hybridized carbons (Fsp3) is 0.917. The van der Waals surface area contributed by atoms with Crippen LogP contribution in [0.15, 0.2) is 0 Å². The molecule has 0 heterocycles. The number of aliphatic hydroxyl groups is 2. The number of fused-ring (bicyclic) bond motifs is 5. The summed E-state index contributed by atoms with van der Waals surface area (Å²) >= 11 is 0. The Kier molecular flexibility index (Phi) is 5.39. The number of carboxylic acid groups (broad SMARTS) is 1. The van der Waals surface area contributed by atoms with E-state index in [-0.39, 0.29) is 58.9 Å². The van der Waals surface area contributed by atoms with Crippen LogP contribution in [0.25, 0.3) is 0 Å². The fourth-order valence-corrected chi connectivity index (χ4v) is 8.40. The highest BCUT2D eigenvalue weighted by Crippen LogP contribution is 2.67. The van der Waals surface area contributed by atoms with Gasteiger partial charge in [0.25, 0.3) is 0 Å². The van der Waals surface area contributed by atoms with Gasteiger partial charge in [-0.3, -0.25) is 9.59 Å². The van der Waals surface area contributed by atoms with Gasteiger partial charge in [-0.05, 0) is 80.0 Å². The van der Waals surface area contributed by atoms with Crippen LogP contribution < -0.4 is 0 Å². The topological polar surface area (TPSA) is 94.8 Å². The highest BCUT2D eigenvalue weighted by atomic mass is 16.4. The summed E-state index contributed by atoms with van der Waals surface area (Å²) in [5, 5.41) is 30.7. The SMILES string of the molecule is C[C@H](CCC(=O)O)C1CCC2[C@@H]3C(=O)C[C@@H]4C[C@H](O)CC[C@]4(C)C3C[C@H](O)[C@@]21C. The van der Waals surface area contributed by atoms with Crippen molar-refractivity contribution in [2.24, 2.45) is 46.3 Å². The van der Waals surface area contributed by atoms with Gasteiger partial charge >= 0.3 is 5.97 Å². The van der Waals surface area contributed by atoms with E-state index in [4.69, 9.17) is 5.11 Å². The Morgan fingerprint density at radius 1 is 1.14 bits per heavy atom. The molecule has 0 spiro atoms. The second-order valence-corrected chi connectivity index (χ2v) is 11.3. The molecule has 3 N–H and O–H groups in total. The number of ketones is 1. The summed E-state index contributed by atoms with van der Waals surface area (Å²) < 4.78 is 0. The zero-order valence-corrected chi connectivity index (χ0v) is 18.1. The largest absolute Gasteiger partial charge is 0.481 e. The van der Waals surface area contributed by atoms with Gasteiger partial charge in [0.1, 0.15) is 5.78 Å². The second kappa shape index (κ2) is 7.33. The standard InChI is InChI=1S/C24H38O5/c1-13(4-7-21(28)29)16-5-6-17-22-18(12-20(27)24(16,17)3)23(2)9-8-15(25)10-14(23)11-19(22)26/h13-18,20,22,25,27H,4-12H2,1-3H3,(H,28,29)/t13-,14+,15-,16?,17?,18?,20+,22+,23+,24-/m1/s1. The van der Waals surface area contributed by atoms with E-state index in [1.807, 2.05) is 0 Å². The van der Waals surface area contributed by atoms with Crippen LogP contribution in [0.1, 0.15) is 78.6 Å². The lowest BCUT2D eigenvalue weighted by Gasteiger charge is -2.61. The summed E-state index contributed by atoms with van der Waals surface area (Å²) in [5.41, 5.74) is -0.265. The number of carbonyl (C=O) groups excluding carboxylic acids is 1. The quantitative estimate of drug-likeness (QED) is 0.662. The molecule has 0 saturated heterocycles. The molecule has 164 valence electrons. The van der Waals surface area contributed by atoms with Gasteiger partial charge in [-0.25, -0.2) is 0 Å². The molecule has 0 amide bonds. The number of aliphatic carboxylic acids is 1. The maximum absolute atomic E-state index is 13.4. The molecule has 0 aromatic rings. The lowest BCUT2D eigenvalue weighted by molar-refractivity contribution is -0.182. The summed E-state index contributed by atoms with van der Waals surface area (Å²) in [5.74, 6) is 0.775. The summed E-state index contributed by atoms with van der Waals surface area (Å²) in [7, 11) is 0. The summed E-state index contributed by atoms with van der Waals surface area (Å²) in [6, 6.07) is 0. The second-order valence-electron chi connectivity index (χ2n) is 11.3. The van der Waals surface area contributed by atoms with Crippen LogP contribution in [0.3, 0.4) is 0 Å². The van der Waals surface area contributed by atoms with Crippen molar-refractivity contribution in [1.82, 2.24) is 0 Å². The first-order chi connectivity index (χ1) is 13.6. The molecule has 4 saturated carbocycles. The molecule has 4 fully saturated rings. The van der Waals surface area contributed by atoms with Crippen molar-refractivity contribution in [1.29, 1.82) is 0 Å². The third kappa shape index (κ3) is 3.18. The molecular weight excluding hydrogens is 368 g/mol. The highest BCUT2D eigenvalue weighted by molar-refractivity contribution is 5.83. The lowest BCUT2D eigenvalue weighted by Crippen LogP contribution is -2.61. The van der Waals surface area contributed by atoms with Crippen molar-refractivity contribution >= 4 is 11.8 Å². The van der Waals surface area contributed by atoms with Crippen LogP contribution >= 0.6 is 0 Å². The third-order valence-corrected chi connectivity index (χ3v) is 10.1. The van der Waals surface area contributed by atoms with Crippen molar-refractivity contribution in [3.63, 3.8) is 0 Å². The Hall–Kier alpha value is -0.940. The summed E-state index contributed by atoms with van der Waals surface area (Å²) in [6.45, 7) is 6.62. The van der Waals surface area contributed by atoms with E-state index in [1.54, 1.807) is 0 Å². The van der Waals surface area contributed by atoms with Crippen LogP contribution in [0.5, 0.6) is 0 Å². The zero-order valence-electron chi connectivity index (χ0n) is 18.1. The van der Waals surface area contributed by atoms with Crippen LogP contribution in [0.2, 0.25) is 0 Å². The molecule has 0 aromatic carbocycles. The number of hydrogen-bond donors (Lipinski definition) is 3. The van der Waals surface area contributed by atoms with Crippen molar-refractivity contribution in [3.05, 3.63) is 0 Å². The predicted molar refractivity (Wildman–Crippen MR) is 109 cm³/mol. The van der Waals surface area contributed by atoms with Crippen molar-refractivity contribution in [2.45, 2.75) is 90.8 Å². The molecule has 5 nitrogen and oxygen atoms in total. The molecule has 5 heteroatoms. The number of hydrogen-bond acceptors (Lipinski definition) is 4. The Bertz CT molecular complexity index is 676. The monoisotopic (exact) mass is 406 g/mol. The highest BCUT2D eigenvalue weighted by Gasteiger charge is 2.65. The molecular formula is C24H38O5. The van der Waals surface area contributed by atoms with E-state index in [0.717, 1.165) is 32.1 Å². The Morgan fingerprint density at radius 3 is 2.55 bits per heavy atom. The molecule has 10 atom stereocenters. The summed E-state index contributed by atoms with van der Waals surface area (Å²) in [4.78, 5) is 24.4. The molecule has 0 bridgehead atoms. The minimum atomic E-state index is -0.762. The number of Topliss-reactive ketones (excluding diaryl/α,β-unsaturated/α-hetero) is 1. The van der Waals surface area contributed by atoms with Gasteiger partial charge in [0.15, 0.2) is 0 Å². The Balaban J connectivity index is 1.62. The molecule has 29 heavy (non-hydrogen) atoms. The van der Waals surface area contributed by atoms with E-state index < -0.39 is 12.1 Å². The number of rotatable bonds is 4. The minimum Gasteiger partial charge on any atom is -0.481 e. The van der Waals surface area contributed by atoms with E-state index in [1.165, 1.54) is 0 Å². The van der Waals surface area contributed by atoms with Gasteiger partial charge in [-0.1, -0.05) is 20.8 Å². The van der Waals surface area contributed by atoms with Crippen molar-refractivity contribution in [2.75, 3.05) is 0 Å². The van der Waals surface area contributed by atoms with Crippen LogP contribution in [-0.4, -0.2) is 39.3 Å². The first-order valence-electron chi connectivity index (χ1n) is 11.7. The fourth-order valence-electron chi connectivity index (χ4n) is 8.40. The first kappa shape index (κ1) is 21.3. The third-order valence-electron chi connectivity index (χ3n) is 10.1. The van der Waals surface area contributed by atoms with Crippen LogP contribution in [-0.2, 0) is 9.59 Å². The van der Waals surface area contributed by atoms with Gasteiger partial charge in [-0.15, -0.1) is 0 Å². The average Bonchev–Trinajstić information content (AvgIpc) is 3.01. The van der Waals surface area contributed by atoms with Gasteiger partial charge in [0.2, 0.25) is 0 Å². The normalized spacial score (nSPS) is 50.4. The minimum absolute atomic E-state index is 0.0246. The molecule has 4 rings (SSSR count). The van der Waals surface area contributed by atoms with E-state index in [2.05, 4.69) is 20.8 Å². The maximum Gasteiger partial charge on any atom is 0.303 e. The lowest BCUT2D eigenvalue weighted by atomic mass is 9.43. The maximum atomic E-state index is 13.4. The summed E-state index contributed by atoms with van der Waals surface area (Å²) in [6.07, 6.45) is 5.74. The van der Waals surface area contributed by atoms with E-state index >= 15 is 0 Å². The zero-order chi connectivity index (χ0) is 21.1. The molecule has 4 aliphatic rings. The smallest absolute Gasteiger partial charge is 0.303 e. The molecule has 0 radical (unpaired) electrons. The van der Waals surface area contributed by atoms with Gasteiger partial charge in [-0.2, -0.15) is 0 Å². The van der Waals surface area contributed by atoms with Crippen LogP contribution in [0, 0.1) is 46.3 Å².